The summed E-state index contributed by atoms with van der Waals surface area (Å²) in [5, 5.41) is 18.9. The topological polar surface area (TPSA) is 101 Å². The lowest BCUT2D eigenvalue weighted by Gasteiger charge is -2.05. The summed E-state index contributed by atoms with van der Waals surface area (Å²) in [6.45, 7) is 0. The van der Waals surface area contributed by atoms with Crippen LogP contribution in [-0.4, -0.2) is 18.0 Å². The van der Waals surface area contributed by atoms with E-state index in [0.29, 0.717) is 22.4 Å². The number of benzene rings is 2. The van der Waals surface area contributed by atoms with Gasteiger partial charge in [-0.1, -0.05) is 12.1 Å². The third-order valence-corrected chi connectivity index (χ3v) is 5.28. The van der Waals surface area contributed by atoms with E-state index in [1.165, 1.54) is 24.3 Å². The molecule has 0 atom stereocenters. The van der Waals surface area contributed by atoms with Crippen molar-refractivity contribution >= 4 is 15.5 Å². The summed E-state index contributed by atoms with van der Waals surface area (Å²) >= 11 is 0. The van der Waals surface area contributed by atoms with Gasteiger partial charge in [0.25, 0.3) is 0 Å². The molecule has 0 radical (unpaired) electrons. The highest BCUT2D eigenvalue weighted by Gasteiger charge is 2.18. The Morgan fingerprint density at radius 3 is 2.21 bits per heavy atom. The van der Waals surface area contributed by atoms with Crippen LogP contribution in [0.25, 0.3) is 27.9 Å². The van der Waals surface area contributed by atoms with Crippen LogP contribution in [0.4, 0.5) is 4.39 Å². The van der Waals surface area contributed by atoms with E-state index in [-0.39, 0.29) is 10.7 Å². The summed E-state index contributed by atoms with van der Waals surface area (Å²) < 4.78 is 38.0. The molecule has 4 aromatic rings. The maximum atomic E-state index is 13.4. The van der Waals surface area contributed by atoms with Crippen LogP contribution in [0.2, 0.25) is 0 Å². The Morgan fingerprint density at radius 2 is 1.61 bits per heavy atom. The van der Waals surface area contributed by atoms with E-state index >= 15 is 0 Å². The van der Waals surface area contributed by atoms with Crippen molar-refractivity contribution in [1.29, 1.82) is 5.26 Å². The van der Waals surface area contributed by atoms with Crippen LogP contribution in [0.5, 0.6) is 0 Å². The Labute approximate surface area is 160 Å². The number of primary sulfonamides is 1. The molecule has 138 valence electrons. The lowest BCUT2D eigenvalue weighted by molar-refractivity contribution is 0.598. The summed E-state index contributed by atoms with van der Waals surface area (Å²) in [5.41, 5.74) is 3.88. The average Bonchev–Trinajstić information content (AvgIpc) is 3.06. The Morgan fingerprint density at radius 1 is 0.964 bits per heavy atom. The van der Waals surface area contributed by atoms with E-state index < -0.39 is 10.0 Å². The van der Waals surface area contributed by atoms with Crippen LogP contribution in [0.1, 0.15) is 5.56 Å². The third kappa shape index (κ3) is 3.13. The molecule has 6 nitrogen and oxygen atoms in total. The van der Waals surface area contributed by atoms with Gasteiger partial charge < -0.3 is 0 Å². The minimum atomic E-state index is -3.81. The Balaban J connectivity index is 1.98. The zero-order chi connectivity index (χ0) is 19.9. The molecule has 2 N–H and O–H groups in total. The van der Waals surface area contributed by atoms with E-state index in [1.54, 1.807) is 47.1 Å². The van der Waals surface area contributed by atoms with Gasteiger partial charge in [-0.2, -0.15) is 10.4 Å². The molecule has 0 aliphatic carbocycles. The SMILES string of the molecule is N#Cc1ccc2c(-c3ccc(S(N)(=O)=O)cc3)c(-c3ccc(F)cc3)nn2c1. The molecule has 0 bridgehead atoms. The number of sulfonamides is 1. The zero-order valence-electron chi connectivity index (χ0n) is 14.4. The Kier molecular flexibility index (Phi) is 4.19. The minimum absolute atomic E-state index is 0.00261. The first-order chi connectivity index (χ1) is 13.4. The molecule has 4 rings (SSSR count). The Bertz CT molecular complexity index is 1340. The number of fused-ring (bicyclic) bond motifs is 1. The highest BCUT2D eigenvalue weighted by Crippen LogP contribution is 2.35. The second-order valence-corrected chi connectivity index (χ2v) is 7.72. The molecule has 2 aromatic carbocycles. The molecule has 0 aliphatic rings. The predicted octanol–water partition coefficient (Wildman–Crippen LogP) is 3.33. The van der Waals surface area contributed by atoms with E-state index in [1.807, 2.05) is 0 Å². The van der Waals surface area contributed by atoms with Crippen molar-refractivity contribution < 1.29 is 12.8 Å². The number of hydrogen-bond acceptors (Lipinski definition) is 4. The highest BCUT2D eigenvalue weighted by atomic mass is 32.2. The van der Waals surface area contributed by atoms with Crippen molar-refractivity contribution in [2.45, 2.75) is 4.90 Å². The quantitative estimate of drug-likeness (QED) is 0.578. The van der Waals surface area contributed by atoms with Crippen LogP contribution in [0.3, 0.4) is 0 Å². The zero-order valence-corrected chi connectivity index (χ0v) is 15.2. The van der Waals surface area contributed by atoms with Crippen LogP contribution in [-0.2, 0) is 10.0 Å². The fourth-order valence-corrected chi connectivity index (χ4v) is 3.54. The molecule has 0 fully saturated rings. The van der Waals surface area contributed by atoms with Gasteiger partial charge in [0.2, 0.25) is 10.0 Å². The number of halogens is 1. The average molecular weight is 392 g/mol. The standard InChI is InChI=1S/C20H13FN4O2S/c21-16-6-2-15(3-7-16)20-19(14-4-8-17(9-5-14)28(23,26)27)18-10-1-13(11-22)12-25(18)24-20/h1-10,12H,(H2,23,26,27). The van der Waals surface area contributed by atoms with Crippen LogP contribution in [0.15, 0.2) is 71.8 Å². The first-order valence-corrected chi connectivity index (χ1v) is 9.73. The van der Waals surface area contributed by atoms with Crippen molar-refractivity contribution in [3.8, 4) is 28.5 Å². The first kappa shape index (κ1) is 17.9. The number of nitrogens with two attached hydrogens (primary N) is 1. The molecule has 0 saturated heterocycles. The number of hydrogen-bond donors (Lipinski definition) is 1. The molecule has 0 saturated carbocycles. The maximum Gasteiger partial charge on any atom is 0.238 e. The Hall–Kier alpha value is -3.54. The molecular weight excluding hydrogens is 379 g/mol. The summed E-state index contributed by atoms with van der Waals surface area (Å²) in [5.74, 6) is -0.363. The summed E-state index contributed by atoms with van der Waals surface area (Å²) in [7, 11) is -3.81. The van der Waals surface area contributed by atoms with Crippen molar-refractivity contribution in [2.75, 3.05) is 0 Å². The van der Waals surface area contributed by atoms with Gasteiger partial charge in [0.15, 0.2) is 0 Å². The number of aromatic nitrogens is 2. The summed E-state index contributed by atoms with van der Waals surface area (Å²) in [6.07, 6.45) is 1.60. The summed E-state index contributed by atoms with van der Waals surface area (Å²) in [4.78, 5) is 0.00261. The van der Waals surface area contributed by atoms with Crippen LogP contribution >= 0.6 is 0 Å². The van der Waals surface area contributed by atoms with E-state index in [4.69, 9.17) is 10.4 Å². The van der Waals surface area contributed by atoms with Gasteiger partial charge in [-0.3, -0.25) is 0 Å². The summed E-state index contributed by atoms with van der Waals surface area (Å²) in [6, 6.07) is 17.5. The number of rotatable bonds is 3. The number of pyridine rings is 1. The fraction of sp³-hybridized carbons (Fsp3) is 0. The molecule has 0 aliphatic heterocycles. The largest absolute Gasteiger partial charge is 0.238 e. The fourth-order valence-electron chi connectivity index (χ4n) is 3.02. The maximum absolute atomic E-state index is 13.4. The molecule has 8 heteroatoms. The van der Waals surface area contributed by atoms with Crippen LogP contribution in [0, 0.1) is 17.1 Å². The van der Waals surface area contributed by atoms with E-state index in [0.717, 1.165) is 11.1 Å². The molecule has 0 spiro atoms. The van der Waals surface area contributed by atoms with Gasteiger partial charge in [-0.25, -0.2) is 22.5 Å². The van der Waals surface area contributed by atoms with Crippen LogP contribution < -0.4 is 5.14 Å². The number of nitrogens with zero attached hydrogens (tertiary/aromatic N) is 3. The predicted molar refractivity (Wildman–Crippen MR) is 102 cm³/mol. The van der Waals surface area contributed by atoms with E-state index in [2.05, 4.69) is 11.2 Å². The molecule has 0 amide bonds. The van der Waals surface area contributed by atoms with Gasteiger partial charge in [0.05, 0.1) is 16.0 Å². The second-order valence-electron chi connectivity index (χ2n) is 6.16. The van der Waals surface area contributed by atoms with Gasteiger partial charge in [-0.15, -0.1) is 0 Å². The lowest BCUT2D eigenvalue weighted by Crippen LogP contribution is -2.11. The molecular formula is C20H13FN4O2S. The van der Waals surface area contributed by atoms with Gasteiger partial charge in [0, 0.05) is 17.3 Å². The van der Waals surface area contributed by atoms with Gasteiger partial charge >= 0.3 is 0 Å². The van der Waals surface area contributed by atoms with Gasteiger partial charge in [-0.05, 0) is 54.1 Å². The van der Waals surface area contributed by atoms with Crippen molar-refractivity contribution in [3.05, 3.63) is 78.2 Å². The molecule has 2 heterocycles. The van der Waals surface area contributed by atoms with Crippen molar-refractivity contribution in [1.82, 2.24) is 9.61 Å². The van der Waals surface area contributed by atoms with E-state index in [9.17, 15) is 12.8 Å². The smallest absolute Gasteiger partial charge is 0.238 e. The van der Waals surface area contributed by atoms with Crippen molar-refractivity contribution in [3.63, 3.8) is 0 Å². The number of nitriles is 1. The minimum Gasteiger partial charge on any atom is -0.238 e. The molecule has 28 heavy (non-hydrogen) atoms. The third-order valence-electron chi connectivity index (χ3n) is 4.35. The molecule has 2 aromatic heterocycles. The van der Waals surface area contributed by atoms with Gasteiger partial charge in [0.1, 0.15) is 17.6 Å². The van der Waals surface area contributed by atoms with Crippen molar-refractivity contribution in [2.24, 2.45) is 5.14 Å². The molecule has 0 unspecified atom stereocenters. The lowest BCUT2D eigenvalue weighted by atomic mass is 9.99. The first-order valence-electron chi connectivity index (χ1n) is 8.18. The monoisotopic (exact) mass is 392 g/mol. The second kappa shape index (κ2) is 6.56. The highest BCUT2D eigenvalue weighted by molar-refractivity contribution is 7.89. The normalized spacial score (nSPS) is 11.5.